The van der Waals surface area contributed by atoms with Crippen molar-refractivity contribution in [2.75, 3.05) is 11.5 Å². The van der Waals surface area contributed by atoms with Crippen LogP contribution in [0.2, 0.25) is 0 Å². The maximum atomic E-state index is 3.79. The number of hydrogen-bond donors (Lipinski definition) is 1. The Hall–Kier alpha value is 0.310. The Morgan fingerprint density at radius 3 is 2.21 bits per heavy atom. The van der Waals surface area contributed by atoms with E-state index in [2.05, 4.69) is 24.0 Å². The van der Waals surface area contributed by atoms with Gasteiger partial charge in [-0.1, -0.05) is 25.7 Å². The molecule has 0 aromatic rings. The van der Waals surface area contributed by atoms with Crippen molar-refractivity contribution >= 4 is 11.8 Å². The maximum absolute atomic E-state index is 3.79. The molecule has 2 rings (SSSR count). The van der Waals surface area contributed by atoms with Gasteiger partial charge in [0.2, 0.25) is 0 Å². The summed E-state index contributed by atoms with van der Waals surface area (Å²) in [5, 5.41) is 3.79. The quantitative estimate of drug-likeness (QED) is 0.723. The van der Waals surface area contributed by atoms with Gasteiger partial charge < -0.3 is 5.32 Å². The van der Waals surface area contributed by atoms with Crippen molar-refractivity contribution in [2.24, 2.45) is 5.92 Å². The van der Waals surface area contributed by atoms with Crippen LogP contribution in [0, 0.1) is 5.92 Å². The number of rotatable bonds is 3. The SMILES string of the molecule is C[C@H](NC1CSC1)C1CCCCCC1. The molecule has 0 radical (unpaired) electrons. The Balaban J connectivity index is 1.73. The third-order valence-electron chi connectivity index (χ3n) is 3.74. The average Bonchev–Trinajstić information content (AvgIpc) is 2.38. The minimum Gasteiger partial charge on any atom is -0.310 e. The molecule has 1 atom stereocenters. The van der Waals surface area contributed by atoms with Crippen LogP contribution >= 0.6 is 11.8 Å². The lowest BCUT2D eigenvalue weighted by Gasteiger charge is -2.33. The molecule has 0 aromatic heterocycles. The van der Waals surface area contributed by atoms with E-state index in [1.54, 1.807) is 0 Å². The van der Waals surface area contributed by atoms with E-state index in [1.807, 2.05) is 0 Å². The van der Waals surface area contributed by atoms with Crippen molar-refractivity contribution in [2.45, 2.75) is 57.5 Å². The van der Waals surface area contributed by atoms with Gasteiger partial charge in [-0.3, -0.25) is 0 Å². The first-order valence-corrected chi connectivity index (χ1v) is 7.35. The zero-order valence-corrected chi connectivity index (χ0v) is 10.1. The van der Waals surface area contributed by atoms with Gasteiger partial charge in [0, 0.05) is 23.6 Å². The van der Waals surface area contributed by atoms with Crippen LogP contribution in [0.1, 0.15) is 45.4 Å². The predicted molar refractivity (Wildman–Crippen MR) is 64.9 cm³/mol. The molecule has 1 nitrogen and oxygen atoms in total. The molecule has 1 saturated carbocycles. The largest absolute Gasteiger partial charge is 0.310 e. The molecule has 0 aromatic carbocycles. The van der Waals surface area contributed by atoms with Crippen LogP contribution in [0.4, 0.5) is 0 Å². The lowest BCUT2D eigenvalue weighted by molar-refractivity contribution is 0.320. The number of nitrogens with one attached hydrogen (secondary N) is 1. The normalized spacial score (nSPS) is 28.1. The van der Waals surface area contributed by atoms with Crippen molar-refractivity contribution in [3.05, 3.63) is 0 Å². The first-order chi connectivity index (χ1) is 6.86. The van der Waals surface area contributed by atoms with Crippen LogP contribution in [-0.4, -0.2) is 23.6 Å². The van der Waals surface area contributed by atoms with E-state index in [9.17, 15) is 0 Å². The lowest BCUT2D eigenvalue weighted by Crippen LogP contribution is -2.47. The monoisotopic (exact) mass is 213 g/mol. The summed E-state index contributed by atoms with van der Waals surface area (Å²) in [4.78, 5) is 0. The first-order valence-electron chi connectivity index (χ1n) is 6.20. The number of hydrogen-bond acceptors (Lipinski definition) is 2. The Kier molecular flexibility index (Phi) is 4.18. The van der Waals surface area contributed by atoms with E-state index < -0.39 is 0 Å². The van der Waals surface area contributed by atoms with Crippen molar-refractivity contribution in [3.8, 4) is 0 Å². The minimum absolute atomic E-state index is 0.763. The van der Waals surface area contributed by atoms with E-state index in [0.29, 0.717) is 0 Å². The molecule has 2 aliphatic rings. The Labute approximate surface area is 92.4 Å². The van der Waals surface area contributed by atoms with E-state index in [4.69, 9.17) is 0 Å². The fourth-order valence-corrected chi connectivity index (χ4v) is 3.31. The fraction of sp³-hybridized carbons (Fsp3) is 1.00. The highest BCUT2D eigenvalue weighted by atomic mass is 32.2. The molecule has 1 aliphatic heterocycles. The Morgan fingerprint density at radius 2 is 1.71 bits per heavy atom. The highest BCUT2D eigenvalue weighted by Crippen LogP contribution is 2.27. The summed E-state index contributed by atoms with van der Waals surface area (Å²) in [5.41, 5.74) is 0. The Bertz CT molecular complexity index is 160. The highest BCUT2D eigenvalue weighted by Gasteiger charge is 2.24. The molecule has 0 spiro atoms. The fourth-order valence-electron chi connectivity index (χ4n) is 2.65. The van der Waals surface area contributed by atoms with E-state index >= 15 is 0 Å². The first kappa shape index (κ1) is 10.8. The van der Waals surface area contributed by atoms with Gasteiger partial charge in [0.1, 0.15) is 0 Å². The van der Waals surface area contributed by atoms with E-state index in [-0.39, 0.29) is 0 Å². The summed E-state index contributed by atoms with van der Waals surface area (Å²) in [6.07, 6.45) is 8.82. The second-order valence-corrected chi connectivity index (χ2v) is 6.02. The van der Waals surface area contributed by atoms with Gasteiger partial charge in [-0.05, 0) is 25.7 Å². The van der Waals surface area contributed by atoms with Crippen LogP contribution in [0.5, 0.6) is 0 Å². The molecule has 2 fully saturated rings. The molecule has 1 aliphatic carbocycles. The molecule has 2 heteroatoms. The maximum Gasteiger partial charge on any atom is 0.0251 e. The summed E-state index contributed by atoms with van der Waals surface area (Å²) in [5.74, 6) is 3.65. The predicted octanol–water partition coefficient (Wildman–Crippen LogP) is 3.05. The summed E-state index contributed by atoms with van der Waals surface area (Å²) in [6, 6.07) is 1.59. The van der Waals surface area contributed by atoms with Gasteiger partial charge in [0.25, 0.3) is 0 Å². The summed E-state index contributed by atoms with van der Waals surface area (Å²) < 4.78 is 0. The summed E-state index contributed by atoms with van der Waals surface area (Å²) >= 11 is 2.08. The van der Waals surface area contributed by atoms with Crippen LogP contribution in [0.25, 0.3) is 0 Å². The average molecular weight is 213 g/mol. The standard InChI is InChI=1S/C12H23NS/c1-10(13-12-8-14-9-12)11-6-4-2-3-5-7-11/h10-13H,2-9H2,1H3/t10-/m0/s1. The van der Waals surface area contributed by atoms with Crippen molar-refractivity contribution in [3.63, 3.8) is 0 Å². The van der Waals surface area contributed by atoms with Gasteiger partial charge >= 0.3 is 0 Å². The van der Waals surface area contributed by atoms with E-state index in [1.165, 1.54) is 50.0 Å². The van der Waals surface area contributed by atoms with Gasteiger partial charge in [-0.2, -0.15) is 11.8 Å². The van der Waals surface area contributed by atoms with E-state index in [0.717, 1.165) is 18.0 Å². The molecule has 14 heavy (non-hydrogen) atoms. The van der Waals surface area contributed by atoms with Gasteiger partial charge in [0.15, 0.2) is 0 Å². The Morgan fingerprint density at radius 1 is 1.07 bits per heavy atom. The van der Waals surface area contributed by atoms with Crippen molar-refractivity contribution in [1.29, 1.82) is 0 Å². The molecule has 82 valence electrons. The summed E-state index contributed by atoms with van der Waals surface area (Å²) in [6.45, 7) is 2.40. The van der Waals surface area contributed by atoms with Gasteiger partial charge in [-0.15, -0.1) is 0 Å². The van der Waals surface area contributed by atoms with Crippen molar-refractivity contribution in [1.82, 2.24) is 5.32 Å². The number of thioether (sulfide) groups is 1. The molecule has 0 unspecified atom stereocenters. The molecule has 1 heterocycles. The molecule has 0 bridgehead atoms. The third kappa shape index (κ3) is 2.90. The van der Waals surface area contributed by atoms with Crippen LogP contribution in [0.3, 0.4) is 0 Å². The lowest BCUT2D eigenvalue weighted by atomic mass is 9.92. The van der Waals surface area contributed by atoms with Gasteiger partial charge in [0.05, 0.1) is 0 Å². The summed E-state index contributed by atoms with van der Waals surface area (Å²) in [7, 11) is 0. The topological polar surface area (TPSA) is 12.0 Å². The smallest absolute Gasteiger partial charge is 0.0251 e. The molecule has 1 N–H and O–H groups in total. The second kappa shape index (κ2) is 5.41. The zero-order valence-electron chi connectivity index (χ0n) is 9.30. The molecular weight excluding hydrogens is 190 g/mol. The minimum atomic E-state index is 0.763. The van der Waals surface area contributed by atoms with Crippen molar-refractivity contribution < 1.29 is 0 Å². The van der Waals surface area contributed by atoms with Crippen LogP contribution in [0.15, 0.2) is 0 Å². The molecule has 1 saturated heterocycles. The van der Waals surface area contributed by atoms with Crippen LogP contribution < -0.4 is 5.32 Å². The molecular formula is C12H23NS. The second-order valence-electron chi connectivity index (χ2n) is 4.94. The third-order valence-corrected chi connectivity index (χ3v) is 5.02. The zero-order chi connectivity index (χ0) is 9.80. The highest BCUT2D eigenvalue weighted by molar-refractivity contribution is 8.00. The molecule has 0 amide bonds. The van der Waals surface area contributed by atoms with Gasteiger partial charge in [-0.25, -0.2) is 0 Å². The van der Waals surface area contributed by atoms with Crippen LogP contribution in [-0.2, 0) is 0 Å².